The molecule has 1 fully saturated rings. The first-order chi connectivity index (χ1) is 23.4. The van der Waals surface area contributed by atoms with Crippen molar-refractivity contribution in [3.8, 4) is 29.1 Å². The Balaban J connectivity index is 1.24. The van der Waals surface area contributed by atoms with Gasteiger partial charge in [0.05, 0.1) is 37.0 Å². The minimum Gasteiger partial charge on any atom is -0.495 e. The van der Waals surface area contributed by atoms with E-state index in [0.717, 1.165) is 47.5 Å². The number of aliphatic imine (C=N–C) groups is 1. The highest BCUT2D eigenvalue weighted by atomic mass is 19.1. The molecule has 4 aromatic rings. The van der Waals surface area contributed by atoms with Crippen molar-refractivity contribution in [2.75, 3.05) is 37.9 Å². The van der Waals surface area contributed by atoms with E-state index in [0.29, 0.717) is 37.0 Å². The van der Waals surface area contributed by atoms with E-state index in [1.165, 1.54) is 12.1 Å². The van der Waals surface area contributed by atoms with Gasteiger partial charge in [0.1, 0.15) is 11.5 Å². The number of carbonyl (C=O) groups is 1. The average Bonchev–Trinajstić information content (AvgIpc) is 3.51. The van der Waals surface area contributed by atoms with Crippen LogP contribution in [0.5, 0.6) is 23.3 Å². The van der Waals surface area contributed by atoms with Crippen LogP contribution in [0.4, 0.5) is 21.5 Å². The standard InChI is InChI=1S/C36H38FN7O4/c1-5-23-18-30(26-20-31(32(46-3)21-29(26)38-22-23)39-24-12-15-43(16-13-24)36(45)6-2)40-28-11-10-25(19-27(28)37)48-35-14-17-44(42-35)33-8-7-9-34(41-33)47-4/h6-11,14,17,19-22,24,38-39H,2,5,12-13,15-16,18H2,1,3-4H3. The number of likely N-dealkylation sites (tertiary alicyclic amines) is 1. The Labute approximate surface area is 278 Å². The first-order valence-corrected chi connectivity index (χ1v) is 15.8. The molecule has 12 heteroatoms. The molecule has 0 saturated carbocycles. The Morgan fingerprint density at radius 3 is 2.69 bits per heavy atom. The number of carbonyl (C=O) groups excluding carboxylic acids is 1. The maximum Gasteiger partial charge on any atom is 0.245 e. The van der Waals surface area contributed by atoms with Gasteiger partial charge in [-0.05, 0) is 55.2 Å². The van der Waals surface area contributed by atoms with Crippen LogP contribution in [-0.4, -0.2) is 64.6 Å². The first kappa shape index (κ1) is 32.3. The molecular formula is C36H38FN7O4. The third-order valence-corrected chi connectivity index (χ3v) is 8.39. The smallest absolute Gasteiger partial charge is 0.245 e. The number of fused-ring (bicyclic) bond motifs is 1. The zero-order valence-electron chi connectivity index (χ0n) is 27.2. The van der Waals surface area contributed by atoms with Crippen molar-refractivity contribution in [1.29, 1.82) is 0 Å². The molecule has 2 aromatic carbocycles. The van der Waals surface area contributed by atoms with Crippen LogP contribution in [0.1, 0.15) is 38.2 Å². The number of nitrogens with one attached hydrogen (secondary N) is 2. The largest absolute Gasteiger partial charge is 0.495 e. The van der Waals surface area contributed by atoms with Crippen LogP contribution in [0.25, 0.3) is 5.82 Å². The Kier molecular flexibility index (Phi) is 9.70. The number of allylic oxidation sites excluding steroid dienone is 1. The Bertz CT molecular complexity index is 1880. The normalized spacial score (nSPS) is 15.5. The summed E-state index contributed by atoms with van der Waals surface area (Å²) in [5, 5.41) is 11.4. The van der Waals surface area contributed by atoms with Crippen molar-refractivity contribution in [1.82, 2.24) is 19.7 Å². The van der Waals surface area contributed by atoms with Gasteiger partial charge in [0.2, 0.25) is 17.7 Å². The van der Waals surface area contributed by atoms with Crippen molar-refractivity contribution >= 4 is 28.7 Å². The number of hydrogen-bond acceptors (Lipinski definition) is 9. The van der Waals surface area contributed by atoms with Gasteiger partial charge in [-0.25, -0.2) is 14.1 Å². The number of nitrogens with zero attached hydrogens (tertiary/aromatic N) is 5. The predicted molar refractivity (Wildman–Crippen MR) is 184 cm³/mol. The van der Waals surface area contributed by atoms with Crippen LogP contribution in [0.3, 0.4) is 0 Å². The number of hydrogen-bond donors (Lipinski definition) is 2. The van der Waals surface area contributed by atoms with Crippen molar-refractivity contribution in [3.05, 3.63) is 96.6 Å². The van der Waals surface area contributed by atoms with Crippen LogP contribution >= 0.6 is 0 Å². The molecule has 2 aromatic heterocycles. The summed E-state index contributed by atoms with van der Waals surface area (Å²) >= 11 is 0. The maximum atomic E-state index is 15.6. The highest BCUT2D eigenvalue weighted by Gasteiger charge is 2.24. The van der Waals surface area contributed by atoms with Gasteiger partial charge in [-0.2, -0.15) is 4.98 Å². The fourth-order valence-electron chi connectivity index (χ4n) is 5.72. The van der Waals surface area contributed by atoms with Gasteiger partial charge in [0.25, 0.3) is 0 Å². The highest BCUT2D eigenvalue weighted by Crippen LogP contribution is 2.37. The molecule has 11 nitrogen and oxygen atoms in total. The third kappa shape index (κ3) is 7.17. The van der Waals surface area contributed by atoms with E-state index in [1.54, 1.807) is 55.4 Å². The molecule has 0 spiro atoms. The first-order valence-electron chi connectivity index (χ1n) is 15.8. The average molecular weight is 652 g/mol. The van der Waals surface area contributed by atoms with Gasteiger partial charge in [-0.15, -0.1) is 5.10 Å². The minimum atomic E-state index is -0.526. The zero-order chi connectivity index (χ0) is 33.6. The van der Waals surface area contributed by atoms with Gasteiger partial charge in [-0.1, -0.05) is 19.6 Å². The molecule has 0 bridgehead atoms. The number of pyridine rings is 1. The topological polar surface area (TPSA) is 115 Å². The molecule has 48 heavy (non-hydrogen) atoms. The van der Waals surface area contributed by atoms with Crippen molar-refractivity contribution in [2.45, 2.75) is 38.6 Å². The van der Waals surface area contributed by atoms with Crippen LogP contribution in [0.15, 0.2) is 90.2 Å². The van der Waals surface area contributed by atoms with E-state index in [2.05, 4.69) is 34.2 Å². The Morgan fingerprint density at radius 1 is 1.12 bits per heavy atom. The number of benzene rings is 2. The summed E-state index contributed by atoms with van der Waals surface area (Å²) in [5.74, 6) is 1.69. The van der Waals surface area contributed by atoms with E-state index in [4.69, 9.17) is 19.2 Å². The second kappa shape index (κ2) is 14.4. The number of halogens is 1. The minimum absolute atomic E-state index is 0.0493. The summed E-state index contributed by atoms with van der Waals surface area (Å²) in [7, 11) is 3.18. The number of rotatable bonds is 10. The molecule has 6 rings (SSSR count). The number of piperidine rings is 1. The van der Waals surface area contributed by atoms with E-state index >= 15 is 4.39 Å². The molecule has 1 saturated heterocycles. The predicted octanol–water partition coefficient (Wildman–Crippen LogP) is 7.04. The van der Waals surface area contributed by atoms with Gasteiger partial charge < -0.3 is 29.7 Å². The quantitative estimate of drug-likeness (QED) is 0.176. The molecule has 2 aliphatic rings. The molecule has 4 heterocycles. The fourth-order valence-corrected chi connectivity index (χ4v) is 5.72. The number of anilines is 2. The molecule has 0 aliphatic carbocycles. The summed E-state index contributed by atoms with van der Waals surface area (Å²) in [4.78, 5) is 23.1. The molecule has 2 N–H and O–H groups in total. The third-order valence-electron chi connectivity index (χ3n) is 8.39. The van der Waals surface area contributed by atoms with Gasteiger partial charge in [-0.3, -0.25) is 4.79 Å². The van der Waals surface area contributed by atoms with Crippen LogP contribution in [-0.2, 0) is 4.79 Å². The van der Waals surface area contributed by atoms with Gasteiger partial charge in [0.15, 0.2) is 11.6 Å². The lowest BCUT2D eigenvalue weighted by Crippen LogP contribution is -2.41. The van der Waals surface area contributed by atoms with Crippen molar-refractivity contribution in [3.63, 3.8) is 0 Å². The SMILES string of the molecule is C=CC(=O)N1CCC(Nc2cc3c(cc2OC)NC=C(CC)CC3=Nc2ccc(Oc3ccn(-c4cccc(OC)n4)n3)cc2F)CC1. The van der Waals surface area contributed by atoms with E-state index in [-0.39, 0.29) is 29.3 Å². The second-order valence-corrected chi connectivity index (χ2v) is 11.4. The highest BCUT2D eigenvalue weighted by molar-refractivity contribution is 6.09. The van der Waals surface area contributed by atoms with Crippen LogP contribution in [0.2, 0.25) is 0 Å². The molecule has 1 amide bonds. The van der Waals surface area contributed by atoms with Crippen LogP contribution in [0, 0.1) is 5.82 Å². The molecule has 0 unspecified atom stereocenters. The summed E-state index contributed by atoms with van der Waals surface area (Å²) in [6.45, 7) is 6.97. The fraction of sp³-hybridized carbons (Fsp3) is 0.278. The number of methoxy groups -OCH3 is 2. The number of amides is 1. The molecule has 2 aliphatic heterocycles. The summed E-state index contributed by atoms with van der Waals surface area (Å²) < 4.78 is 34.0. The van der Waals surface area contributed by atoms with Crippen molar-refractivity contribution < 1.29 is 23.4 Å². The van der Waals surface area contributed by atoms with Gasteiger partial charge >= 0.3 is 0 Å². The van der Waals surface area contributed by atoms with E-state index < -0.39 is 5.82 Å². The Morgan fingerprint density at radius 2 is 1.96 bits per heavy atom. The number of ether oxygens (including phenoxy) is 3. The molecule has 0 radical (unpaired) electrons. The molecular weight excluding hydrogens is 613 g/mol. The maximum absolute atomic E-state index is 15.6. The summed E-state index contributed by atoms with van der Waals surface area (Å²) in [6.07, 6.45) is 7.96. The van der Waals surface area contributed by atoms with Crippen LogP contribution < -0.4 is 24.8 Å². The second-order valence-electron chi connectivity index (χ2n) is 11.4. The van der Waals surface area contributed by atoms with E-state index in [1.807, 2.05) is 29.3 Å². The lowest BCUT2D eigenvalue weighted by Gasteiger charge is -2.32. The molecule has 248 valence electrons. The summed E-state index contributed by atoms with van der Waals surface area (Å²) in [6, 6.07) is 15.7. The lowest BCUT2D eigenvalue weighted by atomic mass is 9.99. The summed E-state index contributed by atoms with van der Waals surface area (Å²) in [5.41, 5.74) is 4.50. The van der Waals surface area contributed by atoms with E-state index in [9.17, 15) is 4.79 Å². The molecule has 0 atom stereocenters. The Hall–Kier alpha value is -5.65. The number of aromatic nitrogens is 3. The van der Waals surface area contributed by atoms with Crippen molar-refractivity contribution in [2.24, 2.45) is 4.99 Å². The lowest BCUT2D eigenvalue weighted by molar-refractivity contribution is -0.126. The zero-order valence-corrected chi connectivity index (χ0v) is 27.2. The van der Waals surface area contributed by atoms with Gasteiger partial charge in [0, 0.05) is 67.8 Å². The monoisotopic (exact) mass is 651 g/mol.